The molecule has 0 aromatic rings. The summed E-state index contributed by atoms with van der Waals surface area (Å²) in [4.78, 5) is 13.6. The zero-order chi connectivity index (χ0) is 12.2. The first-order valence-corrected chi connectivity index (χ1v) is 6.10. The van der Waals surface area contributed by atoms with Gasteiger partial charge in [0.05, 0.1) is 12.6 Å². The Morgan fingerprint density at radius 2 is 2.06 bits per heavy atom. The molecule has 1 amide bonds. The van der Waals surface area contributed by atoms with Crippen molar-refractivity contribution >= 4 is 5.91 Å². The van der Waals surface area contributed by atoms with Crippen LogP contribution in [0.2, 0.25) is 0 Å². The van der Waals surface area contributed by atoms with Crippen molar-refractivity contribution in [3.8, 4) is 6.07 Å². The molecule has 0 aliphatic rings. The molecule has 4 heteroatoms. The summed E-state index contributed by atoms with van der Waals surface area (Å²) in [6, 6.07) is 2.13. The monoisotopic (exact) mass is 225 g/mol. The Kier molecular flexibility index (Phi) is 9.73. The summed E-state index contributed by atoms with van der Waals surface area (Å²) in [6.45, 7) is 7.10. The van der Waals surface area contributed by atoms with Crippen molar-refractivity contribution < 1.29 is 4.79 Å². The van der Waals surface area contributed by atoms with Gasteiger partial charge in [-0.05, 0) is 32.4 Å². The minimum atomic E-state index is 0.0901. The second-order valence-electron chi connectivity index (χ2n) is 3.89. The van der Waals surface area contributed by atoms with Gasteiger partial charge in [0.2, 0.25) is 5.91 Å². The third-order valence-corrected chi connectivity index (χ3v) is 2.24. The molecule has 0 fully saturated rings. The van der Waals surface area contributed by atoms with Crippen molar-refractivity contribution in [1.82, 2.24) is 10.2 Å². The Labute approximate surface area is 98.6 Å². The Bertz CT molecular complexity index is 223. The summed E-state index contributed by atoms with van der Waals surface area (Å²) < 4.78 is 0. The minimum Gasteiger partial charge on any atom is -0.355 e. The Hall–Kier alpha value is -1.08. The fraction of sp³-hybridized carbons (Fsp3) is 0.833. The van der Waals surface area contributed by atoms with Gasteiger partial charge in [-0.1, -0.05) is 13.8 Å². The molecular formula is C12H23N3O. The molecule has 0 aliphatic heterocycles. The third-order valence-electron chi connectivity index (χ3n) is 2.24. The predicted octanol–water partition coefficient (Wildman–Crippen LogP) is 1.53. The molecule has 0 rings (SSSR count). The Balaban J connectivity index is 3.82. The molecule has 0 unspecified atom stereocenters. The van der Waals surface area contributed by atoms with Crippen LogP contribution >= 0.6 is 0 Å². The van der Waals surface area contributed by atoms with Crippen molar-refractivity contribution in [2.45, 2.75) is 39.5 Å². The molecule has 0 radical (unpaired) electrons. The van der Waals surface area contributed by atoms with E-state index < -0.39 is 0 Å². The van der Waals surface area contributed by atoms with Crippen molar-refractivity contribution in [3.05, 3.63) is 0 Å². The predicted molar refractivity (Wildman–Crippen MR) is 64.9 cm³/mol. The standard InChI is InChI=1S/C12H23N3O/c1-3-8-14-12(16)11-15(9-4-2)10-6-5-7-13/h3-6,8-11H2,1-2H3,(H,14,16). The van der Waals surface area contributed by atoms with Crippen molar-refractivity contribution in [1.29, 1.82) is 5.26 Å². The highest BCUT2D eigenvalue weighted by Gasteiger charge is 2.08. The van der Waals surface area contributed by atoms with Crippen LogP contribution in [-0.2, 0) is 4.79 Å². The number of hydrogen-bond donors (Lipinski definition) is 1. The average Bonchev–Trinajstić information content (AvgIpc) is 2.27. The SMILES string of the molecule is CCCNC(=O)CN(CCC)CCCC#N. The first-order valence-electron chi connectivity index (χ1n) is 6.10. The van der Waals surface area contributed by atoms with Crippen LogP contribution in [0.3, 0.4) is 0 Å². The van der Waals surface area contributed by atoms with Gasteiger partial charge in [0.1, 0.15) is 0 Å². The second-order valence-corrected chi connectivity index (χ2v) is 3.89. The number of carbonyl (C=O) groups excluding carboxylic acids is 1. The summed E-state index contributed by atoms with van der Waals surface area (Å²) in [5, 5.41) is 11.3. The first kappa shape index (κ1) is 14.9. The van der Waals surface area contributed by atoms with Crippen LogP contribution < -0.4 is 5.32 Å². The molecule has 16 heavy (non-hydrogen) atoms. The van der Waals surface area contributed by atoms with Gasteiger partial charge in [0.15, 0.2) is 0 Å². The van der Waals surface area contributed by atoms with Crippen LogP contribution in [0.15, 0.2) is 0 Å². The van der Waals surface area contributed by atoms with E-state index in [1.165, 1.54) is 0 Å². The van der Waals surface area contributed by atoms with E-state index in [-0.39, 0.29) is 5.91 Å². The Morgan fingerprint density at radius 3 is 2.62 bits per heavy atom. The lowest BCUT2D eigenvalue weighted by Gasteiger charge is -2.20. The number of nitrogens with one attached hydrogen (secondary N) is 1. The zero-order valence-corrected chi connectivity index (χ0v) is 10.5. The molecule has 0 spiro atoms. The number of amides is 1. The number of carbonyl (C=O) groups is 1. The smallest absolute Gasteiger partial charge is 0.234 e. The van der Waals surface area contributed by atoms with Crippen molar-refractivity contribution in [2.75, 3.05) is 26.2 Å². The van der Waals surface area contributed by atoms with Crippen LogP contribution in [0.4, 0.5) is 0 Å². The number of rotatable bonds is 9. The van der Waals surface area contributed by atoms with E-state index in [0.29, 0.717) is 13.0 Å². The third kappa shape index (κ3) is 8.25. The van der Waals surface area contributed by atoms with E-state index in [2.05, 4.69) is 23.2 Å². The molecule has 0 aromatic heterocycles. The van der Waals surface area contributed by atoms with Crippen LogP contribution in [0.1, 0.15) is 39.5 Å². The minimum absolute atomic E-state index is 0.0901. The van der Waals surface area contributed by atoms with Gasteiger partial charge in [0.25, 0.3) is 0 Å². The summed E-state index contributed by atoms with van der Waals surface area (Å²) in [6.07, 6.45) is 3.41. The number of nitriles is 1. The van der Waals surface area contributed by atoms with Gasteiger partial charge < -0.3 is 5.32 Å². The van der Waals surface area contributed by atoms with Gasteiger partial charge in [-0.25, -0.2) is 0 Å². The lowest BCUT2D eigenvalue weighted by atomic mass is 10.3. The van der Waals surface area contributed by atoms with E-state index in [9.17, 15) is 4.79 Å². The van der Waals surface area contributed by atoms with Crippen LogP contribution in [0.5, 0.6) is 0 Å². The van der Waals surface area contributed by atoms with Crippen molar-refractivity contribution in [3.63, 3.8) is 0 Å². The maximum Gasteiger partial charge on any atom is 0.234 e. The van der Waals surface area contributed by atoms with E-state index >= 15 is 0 Å². The Morgan fingerprint density at radius 1 is 1.31 bits per heavy atom. The molecule has 1 N–H and O–H groups in total. The number of hydrogen-bond acceptors (Lipinski definition) is 3. The maximum absolute atomic E-state index is 11.5. The average molecular weight is 225 g/mol. The second kappa shape index (κ2) is 10.4. The normalized spacial score (nSPS) is 10.1. The molecule has 0 heterocycles. The van der Waals surface area contributed by atoms with E-state index in [4.69, 9.17) is 5.26 Å². The fourth-order valence-electron chi connectivity index (χ4n) is 1.49. The summed E-state index contributed by atoms with van der Waals surface area (Å²) in [5.74, 6) is 0.0901. The summed E-state index contributed by atoms with van der Waals surface area (Å²) in [5.41, 5.74) is 0. The number of unbranched alkanes of at least 4 members (excludes halogenated alkanes) is 1. The van der Waals surface area contributed by atoms with Crippen molar-refractivity contribution in [2.24, 2.45) is 0 Å². The lowest BCUT2D eigenvalue weighted by molar-refractivity contribution is -0.122. The van der Waals surface area contributed by atoms with E-state index in [0.717, 1.165) is 38.9 Å². The molecule has 0 bridgehead atoms. The quantitative estimate of drug-likeness (QED) is 0.605. The van der Waals surface area contributed by atoms with E-state index in [1.807, 2.05) is 6.92 Å². The molecule has 0 saturated carbocycles. The highest BCUT2D eigenvalue weighted by molar-refractivity contribution is 5.77. The van der Waals surface area contributed by atoms with E-state index in [1.54, 1.807) is 0 Å². The van der Waals surface area contributed by atoms with Gasteiger partial charge in [-0.3, -0.25) is 9.69 Å². The molecule has 0 atom stereocenters. The van der Waals surface area contributed by atoms with Gasteiger partial charge in [0, 0.05) is 13.0 Å². The molecule has 0 aliphatic carbocycles. The summed E-state index contributed by atoms with van der Waals surface area (Å²) >= 11 is 0. The molecule has 0 saturated heterocycles. The van der Waals surface area contributed by atoms with Crippen LogP contribution in [-0.4, -0.2) is 37.0 Å². The van der Waals surface area contributed by atoms with Crippen LogP contribution in [0, 0.1) is 11.3 Å². The topological polar surface area (TPSA) is 56.1 Å². The molecule has 0 aromatic carbocycles. The van der Waals surface area contributed by atoms with Gasteiger partial charge in [-0.2, -0.15) is 5.26 Å². The highest BCUT2D eigenvalue weighted by atomic mass is 16.2. The number of nitrogens with zero attached hydrogens (tertiary/aromatic N) is 2. The fourth-order valence-corrected chi connectivity index (χ4v) is 1.49. The van der Waals surface area contributed by atoms with Gasteiger partial charge in [-0.15, -0.1) is 0 Å². The molecule has 4 nitrogen and oxygen atoms in total. The lowest BCUT2D eigenvalue weighted by Crippen LogP contribution is -2.38. The molecule has 92 valence electrons. The summed E-state index contributed by atoms with van der Waals surface area (Å²) in [7, 11) is 0. The largest absolute Gasteiger partial charge is 0.355 e. The maximum atomic E-state index is 11.5. The first-order chi connectivity index (χ1) is 7.74. The highest BCUT2D eigenvalue weighted by Crippen LogP contribution is 1.96. The zero-order valence-electron chi connectivity index (χ0n) is 10.5. The molecular weight excluding hydrogens is 202 g/mol. The van der Waals surface area contributed by atoms with Gasteiger partial charge >= 0.3 is 0 Å². The van der Waals surface area contributed by atoms with Crippen LogP contribution in [0.25, 0.3) is 0 Å².